The minimum absolute atomic E-state index is 0. The van der Waals surface area contributed by atoms with Gasteiger partial charge < -0.3 is 20.1 Å². The van der Waals surface area contributed by atoms with E-state index in [-0.39, 0.29) is 35.8 Å². The fourth-order valence-corrected chi connectivity index (χ4v) is 3.68. The minimum atomic E-state index is -2.86. The predicted octanol–water partition coefficient (Wildman–Crippen LogP) is 3.95. The van der Waals surface area contributed by atoms with E-state index >= 15 is 0 Å². The Labute approximate surface area is 205 Å². The summed E-state index contributed by atoms with van der Waals surface area (Å²) in [5.41, 5.74) is 3.09. The number of rotatable bonds is 8. The van der Waals surface area contributed by atoms with E-state index in [2.05, 4.69) is 56.5 Å². The lowest BCUT2D eigenvalue weighted by molar-refractivity contribution is -0.0504. The van der Waals surface area contributed by atoms with Crippen LogP contribution in [0.15, 0.2) is 53.5 Å². The van der Waals surface area contributed by atoms with Gasteiger partial charge >= 0.3 is 6.61 Å². The number of alkyl halides is 2. The first-order chi connectivity index (χ1) is 15.1. The lowest BCUT2D eigenvalue weighted by atomic mass is 10.0. The Morgan fingerprint density at radius 1 is 1.12 bits per heavy atom. The Balaban J connectivity index is 0.00000363. The molecule has 9 heteroatoms. The first-order valence-corrected chi connectivity index (χ1v) is 10.4. The van der Waals surface area contributed by atoms with E-state index in [0.717, 1.165) is 26.3 Å². The summed E-state index contributed by atoms with van der Waals surface area (Å²) in [6.45, 7) is 3.37. The normalized spacial score (nSPS) is 15.7. The van der Waals surface area contributed by atoms with Gasteiger partial charge in [-0.1, -0.05) is 48.0 Å². The van der Waals surface area contributed by atoms with Crippen molar-refractivity contribution in [3.8, 4) is 5.75 Å². The van der Waals surface area contributed by atoms with Crippen LogP contribution in [0.1, 0.15) is 22.7 Å². The molecule has 1 saturated heterocycles. The molecule has 0 bridgehead atoms. The molecule has 1 atom stereocenters. The van der Waals surface area contributed by atoms with Crippen LogP contribution in [0.3, 0.4) is 0 Å². The first-order valence-electron chi connectivity index (χ1n) is 10.4. The highest BCUT2D eigenvalue weighted by molar-refractivity contribution is 14.0. The van der Waals surface area contributed by atoms with Gasteiger partial charge in [-0.15, -0.1) is 24.0 Å². The van der Waals surface area contributed by atoms with E-state index in [9.17, 15) is 8.78 Å². The second kappa shape index (κ2) is 13.5. The summed E-state index contributed by atoms with van der Waals surface area (Å²) < 4.78 is 35.4. The monoisotopic (exact) mass is 560 g/mol. The predicted molar refractivity (Wildman–Crippen MR) is 133 cm³/mol. The van der Waals surface area contributed by atoms with Crippen molar-refractivity contribution in [2.45, 2.75) is 26.1 Å². The van der Waals surface area contributed by atoms with E-state index in [1.54, 1.807) is 25.2 Å². The smallest absolute Gasteiger partial charge is 0.387 e. The van der Waals surface area contributed by atoms with E-state index in [4.69, 9.17) is 4.74 Å². The van der Waals surface area contributed by atoms with Crippen molar-refractivity contribution < 1.29 is 18.3 Å². The number of aryl methyl sites for hydroxylation is 1. The van der Waals surface area contributed by atoms with Crippen molar-refractivity contribution in [3.63, 3.8) is 0 Å². The van der Waals surface area contributed by atoms with Crippen LogP contribution in [0.4, 0.5) is 8.78 Å². The third-order valence-corrected chi connectivity index (χ3v) is 5.23. The van der Waals surface area contributed by atoms with Crippen LogP contribution in [0, 0.1) is 6.92 Å². The molecule has 2 aromatic rings. The molecule has 0 radical (unpaired) electrons. The number of para-hydroxylation sites is 1. The van der Waals surface area contributed by atoms with Gasteiger partial charge in [0, 0.05) is 38.8 Å². The maximum atomic E-state index is 12.6. The molecule has 2 N–H and O–H groups in total. The lowest BCUT2D eigenvalue weighted by Crippen LogP contribution is -2.46. The van der Waals surface area contributed by atoms with E-state index in [1.165, 1.54) is 17.2 Å². The largest absolute Gasteiger partial charge is 0.434 e. The first kappa shape index (κ1) is 26.3. The quantitative estimate of drug-likeness (QED) is 0.291. The second-order valence-corrected chi connectivity index (χ2v) is 7.37. The number of benzene rings is 2. The summed E-state index contributed by atoms with van der Waals surface area (Å²) in [5, 5.41) is 6.57. The fraction of sp³-hybridized carbons (Fsp3) is 0.435. The number of aliphatic imine (C=N–C) groups is 1. The number of halogens is 3. The minimum Gasteiger partial charge on any atom is -0.434 e. The molecule has 176 valence electrons. The third-order valence-electron chi connectivity index (χ3n) is 5.23. The molecule has 1 fully saturated rings. The highest BCUT2D eigenvalue weighted by Gasteiger charge is 2.23. The number of nitrogens with zero attached hydrogens (tertiary/aromatic N) is 2. The standard InChI is InChI=1S/C23H30F2N4O2.HI/c1-17-6-5-8-18(14-17)20(29-10-12-30-13-11-29)16-28-23(26-2)27-15-19-7-3-4-9-21(19)31-22(24)25;/h3-9,14,20,22H,10-13,15-16H2,1-2H3,(H2,26,27,28);1H. The van der Waals surface area contributed by atoms with Crippen molar-refractivity contribution in [1.29, 1.82) is 0 Å². The Hall–Kier alpha value is -1.98. The van der Waals surface area contributed by atoms with Crippen molar-refractivity contribution in [1.82, 2.24) is 15.5 Å². The molecule has 0 aromatic heterocycles. The molecule has 1 heterocycles. The average molecular weight is 560 g/mol. The number of ether oxygens (including phenoxy) is 2. The molecule has 1 unspecified atom stereocenters. The summed E-state index contributed by atoms with van der Waals surface area (Å²) in [6, 6.07) is 15.4. The van der Waals surface area contributed by atoms with Gasteiger partial charge in [-0.3, -0.25) is 9.89 Å². The SMILES string of the molecule is CN=C(NCc1ccccc1OC(F)F)NCC(c1cccc(C)c1)N1CCOCC1.I. The van der Waals surface area contributed by atoms with Gasteiger partial charge in [0.05, 0.1) is 19.3 Å². The maximum Gasteiger partial charge on any atom is 0.387 e. The van der Waals surface area contributed by atoms with Gasteiger partial charge in [0.1, 0.15) is 5.75 Å². The molecule has 32 heavy (non-hydrogen) atoms. The Bertz CT molecular complexity index is 863. The number of guanidine groups is 1. The van der Waals surface area contributed by atoms with Crippen LogP contribution in [0.25, 0.3) is 0 Å². The lowest BCUT2D eigenvalue weighted by Gasteiger charge is -2.35. The van der Waals surface area contributed by atoms with E-state index in [0.29, 0.717) is 24.6 Å². The molecular weight excluding hydrogens is 529 g/mol. The Kier molecular flexibility index (Phi) is 11.1. The van der Waals surface area contributed by atoms with Gasteiger partial charge in [-0.25, -0.2) is 0 Å². The van der Waals surface area contributed by atoms with Crippen LogP contribution in [-0.4, -0.2) is 57.4 Å². The van der Waals surface area contributed by atoms with Gasteiger partial charge in [-0.2, -0.15) is 8.78 Å². The molecule has 2 aromatic carbocycles. The second-order valence-electron chi connectivity index (χ2n) is 7.37. The summed E-state index contributed by atoms with van der Waals surface area (Å²) >= 11 is 0. The molecule has 1 aliphatic rings. The maximum absolute atomic E-state index is 12.6. The Morgan fingerprint density at radius 3 is 2.56 bits per heavy atom. The van der Waals surface area contributed by atoms with Gasteiger partial charge in [0.2, 0.25) is 0 Å². The molecule has 3 rings (SSSR count). The highest BCUT2D eigenvalue weighted by atomic mass is 127. The molecule has 0 saturated carbocycles. The number of nitrogens with one attached hydrogen (secondary N) is 2. The van der Waals surface area contributed by atoms with Crippen LogP contribution >= 0.6 is 24.0 Å². The summed E-state index contributed by atoms with van der Waals surface area (Å²) in [7, 11) is 1.69. The fourth-order valence-electron chi connectivity index (χ4n) is 3.68. The van der Waals surface area contributed by atoms with Crippen LogP contribution in [-0.2, 0) is 11.3 Å². The molecule has 6 nitrogen and oxygen atoms in total. The molecule has 1 aliphatic heterocycles. The zero-order valence-electron chi connectivity index (χ0n) is 18.4. The van der Waals surface area contributed by atoms with Crippen LogP contribution in [0.2, 0.25) is 0 Å². The summed E-state index contributed by atoms with van der Waals surface area (Å²) in [5.74, 6) is 0.754. The summed E-state index contributed by atoms with van der Waals surface area (Å²) in [6.07, 6.45) is 0. The van der Waals surface area contributed by atoms with Gasteiger partial charge in [0.25, 0.3) is 0 Å². The van der Waals surface area contributed by atoms with Crippen molar-refractivity contribution >= 4 is 29.9 Å². The van der Waals surface area contributed by atoms with E-state index < -0.39 is 6.61 Å². The number of morpholine rings is 1. The van der Waals surface area contributed by atoms with Crippen molar-refractivity contribution in [2.75, 3.05) is 39.9 Å². The van der Waals surface area contributed by atoms with E-state index in [1.807, 2.05) is 0 Å². The molecule has 0 amide bonds. The average Bonchev–Trinajstić information content (AvgIpc) is 2.77. The zero-order chi connectivity index (χ0) is 22.1. The molecule has 0 spiro atoms. The highest BCUT2D eigenvalue weighted by Crippen LogP contribution is 2.23. The van der Waals surface area contributed by atoms with Crippen molar-refractivity contribution in [3.05, 3.63) is 65.2 Å². The zero-order valence-corrected chi connectivity index (χ0v) is 20.7. The van der Waals surface area contributed by atoms with Gasteiger partial charge in [-0.05, 0) is 18.6 Å². The Morgan fingerprint density at radius 2 is 1.88 bits per heavy atom. The third kappa shape index (κ3) is 7.86. The number of hydrogen-bond donors (Lipinski definition) is 2. The van der Waals surface area contributed by atoms with Gasteiger partial charge in [0.15, 0.2) is 5.96 Å². The van der Waals surface area contributed by atoms with Crippen molar-refractivity contribution in [2.24, 2.45) is 4.99 Å². The van der Waals surface area contributed by atoms with Crippen LogP contribution < -0.4 is 15.4 Å². The molecule has 0 aliphatic carbocycles. The number of hydrogen-bond acceptors (Lipinski definition) is 4. The summed E-state index contributed by atoms with van der Waals surface area (Å²) in [4.78, 5) is 6.69. The topological polar surface area (TPSA) is 58.1 Å². The van der Waals surface area contributed by atoms with Crippen LogP contribution in [0.5, 0.6) is 5.75 Å². The molecular formula is C23H31F2IN4O2.